The lowest BCUT2D eigenvalue weighted by molar-refractivity contribution is 0.619. The van der Waals surface area contributed by atoms with Gasteiger partial charge in [0.2, 0.25) is 0 Å². The van der Waals surface area contributed by atoms with Crippen LogP contribution in [0.5, 0.6) is 0 Å². The van der Waals surface area contributed by atoms with Crippen molar-refractivity contribution in [3.05, 3.63) is 42.3 Å². The van der Waals surface area contributed by atoms with Gasteiger partial charge in [-0.15, -0.1) is 0 Å². The second-order valence-electron chi connectivity index (χ2n) is 3.94. The van der Waals surface area contributed by atoms with E-state index in [1.54, 1.807) is 0 Å². The molecular formula is C13H19. The second kappa shape index (κ2) is 5.80. The normalized spacial score (nSPS) is 10.7. The van der Waals surface area contributed by atoms with E-state index in [-0.39, 0.29) is 0 Å². The van der Waals surface area contributed by atoms with Crippen LogP contribution in [0.2, 0.25) is 0 Å². The maximum Gasteiger partial charge on any atom is -0.0276 e. The predicted molar refractivity (Wildman–Crippen MR) is 58.5 cm³/mol. The Kier molecular flexibility index (Phi) is 4.59. The minimum Gasteiger partial charge on any atom is -0.0628 e. The molecule has 71 valence electrons. The van der Waals surface area contributed by atoms with Gasteiger partial charge in [0.25, 0.3) is 0 Å². The highest BCUT2D eigenvalue weighted by Crippen LogP contribution is 2.09. The maximum atomic E-state index is 2.40. The van der Waals surface area contributed by atoms with Crippen LogP contribution >= 0.6 is 0 Å². The molecule has 0 unspecified atom stereocenters. The Morgan fingerprint density at radius 3 is 2.46 bits per heavy atom. The third kappa shape index (κ3) is 4.72. The van der Waals surface area contributed by atoms with E-state index in [0.29, 0.717) is 0 Å². The monoisotopic (exact) mass is 175 g/mol. The molecule has 0 saturated carbocycles. The first-order chi connectivity index (χ1) is 6.29. The van der Waals surface area contributed by atoms with E-state index in [1.807, 2.05) is 0 Å². The molecule has 0 bridgehead atoms. The standard InChI is InChI=1S/C13H19/c1-12(2)8-6-7-11-13-9-4-3-5-10-13/h3-6,9-10,12H,7-8,11H2,1-2H3. The van der Waals surface area contributed by atoms with Crippen LogP contribution in [0.1, 0.15) is 32.3 Å². The Labute approximate surface area is 82.0 Å². The summed E-state index contributed by atoms with van der Waals surface area (Å²) in [5.41, 5.74) is 1.45. The van der Waals surface area contributed by atoms with Crippen molar-refractivity contribution in [2.45, 2.75) is 33.1 Å². The van der Waals surface area contributed by atoms with Crippen molar-refractivity contribution in [2.75, 3.05) is 0 Å². The molecule has 0 heteroatoms. The number of hydrogen-bond donors (Lipinski definition) is 0. The lowest BCUT2D eigenvalue weighted by Crippen LogP contribution is -1.90. The van der Waals surface area contributed by atoms with Crippen molar-refractivity contribution in [3.8, 4) is 0 Å². The van der Waals surface area contributed by atoms with Crippen LogP contribution < -0.4 is 0 Å². The summed E-state index contributed by atoms with van der Waals surface area (Å²) in [7, 11) is 0. The fraction of sp³-hybridized carbons (Fsp3) is 0.462. The summed E-state index contributed by atoms with van der Waals surface area (Å²) < 4.78 is 0. The molecular weight excluding hydrogens is 156 g/mol. The molecule has 1 rings (SSSR count). The van der Waals surface area contributed by atoms with Gasteiger partial charge in [-0.1, -0.05) is 44.2 Å². The zero-order valence-corrected chi connectivity index (χ0v) is 8.66. The Balaban J connectivity index is 2.13. The highest BCUT2D eigenvalue weighted by atomic mass is 14.0. The van der Waals surface area contributed by atoms with E-state index in [0.717, 1.165) is 5.92 Å². The van der Waals surface area contributed by atoms with Gasteiger partial charge < -0.3 is 0 Å². The first-order valence-electron chi connectivity index (χ1n) is 5.14. The van der Waals surface area contributed by atoms with Crippen molar-refractivity contribution in [2.24, 2.45) is 5.92 Å². The topological polar surface area (TPSA) is 0 Å². The molecule has 0 spiro atoms. The van der Waals surface area contributed by atoms with E-state index in [9.17, 15) is 0 Å². The molecule has 0 amide bonds. The first-order valence-corrected chi connectivity index (χ1v) is 5.14. The van der Waals surface area contributed by atoms with Gasteiger partial charge in [0.15, 0.2) is 0 Å². The number of aryl methyl sites for hydroxylation is 1. The van der Waals surface area contributed by atoms with Crippen LogP contribution in [0.4, 0.5) is 0 Å². The van der Waals surface area contributed by atoms with Crippen LogP contribution in [0.25, 0.3) is 0 Å². The Morgan fingerprint density at radius 1 is 1.15 bits per heavy atom. The Bertz CT molecular complexity index is 211. The number of benzene rings is 1. The number of rotatable bonds is 5. The van der Waals surface area contributed by atoms with Gasteiger partial charge in [0.05, 0.1) is 0 Å². The molecule has 1 aromatic carbocycles. The zero-order valence-electron chi connectivity index (χ0n) is 8.66. The predicted octanol–water partition coefficient (Wildman–Crippen LogP) is 3.87. The van der Waals surface area contributed by atoms with E-state index in [4.69, 9.17) is 0 Å². The molecule has 1 aromatic rings. The lowest BCUT2D eigenvalue weighted by Gasteiger charge is -2.03. The number of unbranched alkanes of at least 4 members (excludes halogenated alkanes) is 1. The summed E-state index contributed by atoms with van der Waals surface area (Å²) in [4.78, 5) is 0. The lowest BCUT2D eigenvalue weighted by atomic mass is 10.0. The molecule has 0 nitrogen and oxygen atoms in total. The van der Waals surface area contributed by atoms with Crippen molar-refractivity contribution < 1.29 is 0 Å². The third-order valence-corrected chi connectivity index (χ3v) is 2.12. The van der Waals surface area contributed by atoms with Gasteiger partial charge in [-0.05, 0) is 37.2 Å². The van der Waals surface area contributed by atoms with Gasteiger partial charge in [-0.2, -0.15) is 0 Å². The maximum absolute atomic E-state index is 2.40. The smallest absolute Gasteiger partial charge is 0.0276 e. The highest BCUT2D eigenvalue weighted by molar-refractivity contribution is 5.14. The largest absolute Gasteiger partial charge is 0.0628 e. The fourth-order valence-corrected chi connectivity index (χ4v) is 1.36. The highest BCUT2D eigenvalue weighted by Gasteiger charge is 1.95. The molecule has 0 atom stereocenters. The van der Waals surface area contributed by atoms with E-state index in [2.05, 4.69) is 50.6 Å². The Hall–Kier alpha value is -0.780. The molecule has 0 aliphatic carbocycles. The van der Waals surface area contributed by atoms with Crippen LogP contribution in [-0.2, 0) is 6.42 Å². The molecule has 0 aliphatic rings. The molecule has 13 heavy (non-hydrogen) atoms. The van der Waals surface area contributed by atoms with E-state index >= 15 is 0 Å². The Morgan fingerprint density at radius 2 is 1.85 bits per heavy atom. The molecule has 0 aliphatic heterocycles. The van der Waals surface area contributed by atoms with Gasteiger partial charge >= 0.3 is 0 Å². The van der Waals surface area contributed by atoms with Crippen LogP contribution in [0.3, 0.4) is 0 Å². The second-order valence-corrected chi connectivity index (χ2v) is 3.94. The van der Waals surface area contributed by atoms with Crippen molar-refractivity contribution >= 4 is 0 Å². The van der Waals surface area contributed by atoms with Gasteiger partial charge in [0, 0.05) is 0 Å². The fourth-order valence-electron chi connectivity index (χ4n) is 1.36. The average molecular weight is 175 g/mol. The molecule has 0 saturated heterocycles. The minimum absolute atomic E-state index is 0.802. The summed E-state index contributed by atoms with van der Waals surface area (Å²) in [5, 5.41) is 0. The van der Waals surface area contributed by atoms with Crippen LogP contribution in [-0.4, -0.2) is 0 Å². The quantitative estimate of drug-likeness (QED) is 0.596. The van der Waals surface area contributed by atoms with Crippen LogP contribution in [0.15, 0.2) is 30.3 Å². The van der Waals surface area contributed by atoms with Crippen molar-refractivity contribution in [3.63, 3.8) is 0 Å². The summed E-state index contributed by atoms with van der Waals surface area (Å²) in [6.45, 7) is 4.53. The van der Waals surface area contributed by atoms with Crippen molar-refractivity contribution in [1.29, 1.82) is 0 Å². The summed E-state index contributed by atoms with van der Waals surface area (Å²) in [6.07, 6.45) is 6.04. The first kappa shape index (κ1) is 10.3. The molecule has 1 radical (unpaired) electrons. The van der Waals surface area contributed by atoms with Gasteiger partial charge in [0.1, 0.15) is 0 Å². The van der Waals surface area contributed by atoms with E-state index < -0.39 is 0 Å². The van der Waals surface area contributed by atoms with E-state index in [1.165, 1.54) is 24.8 Å². The molecule has 0 N–H and O–H groups in total. The summed E-state index contributed by atoms with van der Waals surface area (Å²) in [6, 6.07) is 10.7. The number of hydrogen-bond acceptors (Lipinski definition) is 0. The van der Waals surface area contributed by atoms with Gasteiger partial charge in [-0.25, -0.2) is 0 Å². The zero-order chi connectivity index (χ0) is 9.52. The summed E-state index contributed by atoms with van der Waals surface area (Å²) >= 11 is 0. The molecule has 0 fully saturated rings. The minimum atomic E-state index is 0.802. The van der Waals surface area contributed by atoms with Crippen LogP contribution in [0, 0.1) is 12.3 Å². The average Bonchev–Trinajstić information content (AvgIpc) is 2.14. The summed E-state index contributed by atoms with van der Waals surface area (Å²) in [5.74, 6) is 0.802. The third-order valence-electron chi connectivity index (χ3n) is 2.12. The molecule has 0 aromatic heterocycles. The van der Waals surface area contributed by atoms with Gasteiger partial charge in [-0.3, -0.25) is 0 Å². The van der Waals surface area contributed by atoms with Crippen molar-refractivity contribution in [1.82, 2.24) is 0 Å². The molecule has 0 heterocycles. The SMILES string of the molecule is CC(C)C[CH]CCc1ccccc1.